The molecule has 16 heteroatoms. The quantitative estimate of drug-likeness (QED) is 0.170. The van der Waals surface area contributed by atoms with E-state index in [9.17, 15) is 19.2 Å². The highest BCUT2D eigenvalue weighted by Crippen LogP contribution is 2.42. The lowest BCUT2D eigenvalue weighted by atomic mass is 9.83. The molecular formula is C40H49N11O5. The predicted molar refractivity (Wildman–Crippen MR) is 209 cm³/mol. The van der Waals surface area contributed by atoms with E-state index in [1.807, 2.05) is 42.2 Å². The molecule has 0 unspecified atom stereocenters. The number of likely N-dealkylation sites (tertiary alicyclic amines) is 1. The second kappa shape index (κ2) is 16.1. The number of hydrogen-bond acceptors (Lipinski definition) is 10. The number of piperazine rings is 1. The van der Waals surface area contributed by atoms with Crippen LogP contribution in [0.25, 0.3) is 10.9 Å². The Bertz CT molecular complexity index is 2050. The highest BCUT2D eigenvalue weighted by atomic mass is 16.6. The molecule has 56 heavy (non-hydrogen) atoms. The summed E-state index contributed by atoms with van der Waals surface area (Å²) < 4.78 is 5.85. The number of aryl methyl sites for hydroxylation is 1. The summed E-state index contributed by atoms with van der Waals surface area (Å²) in [7, 11) is 0. The number of anilines is 2. The van der Waals surface area contributed by atoms with Gasteiger partial charge in [0.25, 0.3) is 0 Å². The van der Waals surface area contributed by atoms with Gasteiger partial charge in [-0.2, -0.15) is 5.10 Å². The van der Waals surface area contributed by atoms with Gasteiger partial charge in [0.2, 0.25) is 11.8 Å². The lowest BCUT2D eigenvalue weighted by molar-refractivity contribution is -0.137. The first-order chi connectivity index (χ1) is 27.2. The molecule has 3 fully saturated rings. The lowest BCUT2D eigenvalue weighted by Crippen LogP contribution is -2.59. The molecule has 4 aliphatic heterocycles. The molecule has 5 N–H and O–H groups in total. The summed E-state index contributed by atoms with van der Waals surface area (Å²) in [6, 6.07) is 9.48. The Balaban J connectivity index is 0.999. The van der Waals surface area contributed by atoms with Crippen LogP contribution in [0.1, 0.15) is 48.8 Å². The summed E-state index contributed by atoms with van der Waals surface area (Å²) in [5.74, 6) is 0.228. The molecule has 0 bridgehead atoms. The number of carbonyl (C=O) groups excluding carboxylic acids is 4. The smallest absolute Gasteiger partial charge is 0.413 e. The number of benzene rings is 1. The van der Waals surface area contributed by atoms with Crippen molar-refractivity contribution in [2.45, 2.75) is 63.1 Å². The Hall–Kier alpha value is -5.77. The highest BCUT2D eigenvalue weighted by molar-refractivity contribution is 5.93. The van der Waals surface area contributed by atoms with Crippen molar-refractivity contribution in [1.29, 1.82) is 0 Å². The number of pyridine rings is 2. The van der Waals surface area contributed by atoms with E-state index in [-0.39, 0.29) is 18.2 Å². The molecule has 1 aromatic carbocycles. The van der Waals surface area contributed by atoms with Crippen molar-refractivity contribution in [1.82, 2.24) is 45.9 Å². The summed E-state index contributed by atoms with van der Waals surface area (Å²) in [4.78, 5) is 69.6. The first-order valence-electron chi connectivity index (χ1n) is 19.6. The maximum Gasteiger partial charge on any atom is 0.413 e. The van der Waals surface area contributed by atoms with Gasteiger partial charge in [-0.05, 0) is 86.7 Å². The van der Waals surface area contributed by atoms with Gasteiger partial charge in [-0.1, -0.05) is 6.07 Å². The fraction of sp³-hybridized carbons (Fsp3) is 0.475. The number of amides is 5. The Morgan fingerprint density at radius 2 is 1.71 bits per heavy atom. The molecule has 3 saturated heterocycles. The third-order valence-electron chi connectivity index (χ3n) is 11.8. The van der Waals surface area contributed by atoms with E-state index in [1.165, 1.54) is 0 Å². The van der Waals surface area contributed by atoms with E-state index < -0.39 is 35.7 Å². The number of urea groups is 1. The van der Waals surface area contributed by atoms with Gasteiger partial charge < -0.3 is 35.4 Å². The van der Waals surface area contributed by atoms with Gasteiger partial charge in [0, 0.05) is 93.8 Å². The van der Waals surface area contributed by atoms with Crippen LogP contribution in [0.4, 0.5) is 21.1 Å². The van der Waals surface area contributed by atoms with Crippen LogP contribution in [0.5, 0.6) is 0 Å². The van der Waals surface area contributed by atoms with Crippen molar-refractivity contribution >= 4 is 46.3 Å². The number of rotatable bonds is 9. The van der Waals surface area contributed by atoms with Crippen LogP contribution in [-0.4, -0.2) is 118 Å². The fourth-order valence-electron chi connectivity index (χ4n) is 8.69. The van der Waals surface area contributed by atoms with Gasteiger partial charge in [-0.25, -0.2) is 14.6 Å². The third kappa shape index (κ3) is 7.96. The molecule has 2 atom stereocenters. The highest BCUT2D eigenvalue weighted by Gasteiger charge is 2.46. The third-order valence-corrected chi connectivity index (χ3v) is 11.8. The maximum absolute atomic E-state index is 14.5. The largest absolute Gasteiger partial charge is 0.437 e. The molecule has 5 amide bonds. The summed E-state index contributed by atoms with van der Waals surface area (Å²) in [6.07, 6.45) is 9.65. The summed E-state index contributed by atoms with van der Waals surface area (Å²) in [5, 5.41) is 20.4. The number of nitrogens with zero attached hydrogens (tertiary/aromatic N) is 6. The molecule has 4 aromatic rings. The summed E-state index contributed by atoms with van der Waals surface area (Å²) in [6.45, 7) is 6.72. The van der Waals surface area contributed by atoms with E-state index in [4.69, 9.17) is 4.74 Å². The Kier molecular flexibility index (Phi) is 10.7. The first kappa shape index (κ1) is 37.2. The zero-order chi connectivity index (χ0) is 38.6. The van der Waals surface area contributed by atoms with Gasteiger partial charge in [0.15, 0.2) is 0 Å². The van der Waals surface area contributed by atoms with E-state index in [0.717, 1.165) is 59.2 Å². The predicted octanol–water partition coefficient (Wildman–Crippen LogP) is 3.06. The van der Waals surface area contributed by atoms with Gasteiger partial charge in [0.05, 0.1) is 11.7 Å². The summed E-state index contributed by atoms with van der Waals surface area (Å²) in [5.41, 5.74) is 3.68. The van der Waals surface area contributed by atoms with E-state index >= 15 is 0 Å². The van der Waals surface area contributed by atoms with Crippen molar-refractivity contribution in [2.75, 3.05) is 62.6 Å². The number of aromatic nitrogens is 4. The number of piperidine rings is 2. The zero-order valence-electron chi connectivity index (χ0n) is 31.6. The molecule has 8 rings (SSSR count). The molecular weight excluding hydrogens is 715 g/mol. The van der Waals surface area contributed by atoms with Crippen LogP contribution in [0.3, 0.4) is 0 Å². The SMILES string of the molecule is Cc1cc(C[C@@H](NC(=O)N2CCC3(CC2)OC(=O)Nc2ncccc23)C(=O)N[C@@H](CC2CCNCC2)C(=O)N2CCN(c3ccncc3)CC2)cc2cn[nH]c12. The number of carbonyl (C=O) groups is 4. The number of ether oxygens (including phenoxy) is 1. The van der Waals surface area contributed by atoms with Crippen LogP contribution in [-0.2, 0) is 26.3 Å². The minimum Gasteiger partial charge on any atom is -0.437 e. The molecule has 4 aliphatic rings. The zero-order valence-corrected chi connectivity index (χ0v) is 31.6. The van der Waals surface area contributed by atoms with Crippen LogP contribution in [0, 0.1) is 12.8 Å². The molecule has 3 aromatic heterocycles. The van der Waals surface area contributed by atoms with Crippen LogP contribution in [0.15, 0.2) is 61.2 Å². The first-order valence-corrected chi connectivity index (χ1v) is 19.6. The second-order valence-corrected chi connectivity index (χ2v) is 15.4. The molecule has 7 heterocycles. The number of fused-ring (bicyclic) bond motifs is 3. The minimum absolute atomic E-state index is 0.0976. The molecule has 0 aliphatic carbocycles. The van der Waals surface area contributed by atoms with Crippen molar-refractivity contribution in [2.24, 2.45) is 5.92 Å². The minimum atomic E-state index is -0.976. The topological polar surface area (TPSA) is 190 Å². The normalized spacial score (nSPS) is 19.4. The van der Waals surface area contributed by atoms with Gasteiger partial charge in [-0.15, -0.1) is 0 Å². The van der Waals surface area contributed by atoms with Crippen LogP contribution >= 0.6 is 0 Å². The molecule has 294 valence electrons. The average molecular weight is 764 g/mol. The average Bonchev–Trinajstić information content (AvgIpc) is 3.71. The summed E-state index contributed by atoms with van der Waals surface area (Å²) >= 11 is 0. The Labute approximate surface area is 325 Å². The Morgan fingerprint density at radius 1 is 0.946 bits per heavy atom. The molecule has 16 nitrogen and oxygen atoms in total. The van der Waals surface area contributed by atoms with Crippen molar-refractivity contribution < 1.29 is 23.9 Å². The van der Waals surface area contributed by atoms with Gasteiger partial charge in [0.1, 0.15) is 23.5 Å². The van der Waals surface area contributed by atoms with Crippen LogP contribution in [0.2, 0.25) is 0 Å². The van der Waals surface area contributed by atoms with Gasteiger partial charge in [-0.3, -0.25) is 25.0 Å². The van der Waals surface area contributed by atoms with Crippen molar-refractivity contribution in [3.05, 3.63) is 77.9 Å². The monoisotopic (exact) mass is 763 g/mol. The second-order valence-electron chi connectivity index (χ2n) is 15.4. The molecule has 0 saturated carbocycles. The lowest BCUT2D eigenvalue weighted by Gasteiger charge is -2.43. The van der Waals surface area contributed by atoms with Crippen molar-refractivity contribution in [3.8, 4) is 0 Å². The number of nitrogens with one attached hydrogen (secondary N) is 5. The van der Waals surface area contributed by atoms with E-state index in [2.05, 4.69) is 46.3 Å². The molecule has 1 spiro atoms. The van der Waals surface area contributed by atoms with Crippen LogP contribution < -0.4 is 26.2 Å². The maximum atomic E-state index is 14.5. The van der Waals surface area contributed by atoms with E-state index in [1.54, 1.807) is 35.8 Å². The molecule has 0 radical (unpaired) electrons. The number of H-pyrrole nitrogens is 1. The Morgan fingerprint density at radius 3 is 2.48 bits per heavy atom. The standard InChI is InChI=1S/C40H49N11O5/c1-26-21-28(22-29-25-44-48-34(26)29)24-32(46-38(54)51-15-8-40(9-16-51)31-3-2-10-43-35(31)47-39(55)56-40)36(52)45-33(23-27-4-11-41-12-5-27)37(53)50-19-17-49(18-20-50)30-6-13-42-14-7-30/h2-3,6-7,10,13-14,21-22,25,27,32-33,41H,4-5,8-9,11-12,15-20,23-24H2,1H3,(H,44,48)(H,45,52)(H,46,54)(H,43,47,55)/t32-,33+/m1/s1. The van der Waals surface area contributed by atoms with E-state index in [0.29, 0.717) is 64.3 Å². The fourth-order valence-corrected chi connectivity index (χ4v) is 8.69. The van der Waals surface area contributed by atoms with Gasteiger partial charge >= 0.3 is 12.1 Å². The number of hydrogen-bond donors (Lipinski definition) is 5. The van der Waals surface area contributed by atoms with Crippen molar-refractivity contribution in [3.63, 3.8) is 0 Å². The number of aromatic amines is 1.